The first-order chi connectivity index (χ1) is 16.4. The second-order valence-corrected chi connectivity index (χ2v) is 9.01. The van der Waals surface area contributed by atoms with Crippen LogP contribution in [0.1, 0.15) is 18.4 Å². The number of aromatic nitrogens is 3. The van der Waals surface area contributed by atoms with Crippen LogP contribution < -0.4 is 21.1 Å². The predicted molar refractivity (Wildman–Crippen MR) is 134 cm³/mol. The summed E-state index contributed by atoms with van der Waals surface area (Å²) in [6, 6.07) is 10.5. The minimum Gasteiger partial charge on any atom is -0.494 e. The van der Waals surface area contributed by atoms with Crippen molar-refractivity contribution in [3.05, 3.63) is 65.3 Å². The maximum absolute atomic E-state index is 14.4. The first-order valence-corrected chi connectivity index (χ1v) is 11.5. The molecule has 4 aromatic rings. The summed E-state index contributed by atoms with van der Waals surface area (Å²) in [5, 5.41) is 0.578. The molecule has 0 saturated carbocycles. The Labute approximate surface area is 202 Å². The van der Waals surface area contributed by atoms with E-state index in [0.717, 1.165) is 42.7 Å². The summed E-state index contributed by atoms with van der Waals surface area (Å²) in [5.74, 6) is -0.239. The van der Waals surface area contributed by atoms with Crippen LogP contribution in [0.25, 0.3) is 22.3 Å². The van der Waals surface area contributed by atoms with Crippen molar-refractivity contribution in [1.82, 2.24) is 14.5 Å². The van der Waals surface area contributed by atoms with Gasteiger partial charge < -0.3 is 25.7 Å². The number of hydrogen-bond acceptors (Lipinski definition) is 6. The number of fused-ring (bicyclic) bond motifs is 1. The van der Waals surface area contributed by atoms with Gasteiger partial charge in [0, 0.05) is 24.7 Å². The number of benzene rings is 2. The van der Waals surface area contributed by atoms with E-state index in [1.54, 1.807) is 30.6 Å². The van der Waals surface area contributed by atoms with Crippen molar-refractivity contribution in [2.24, 2.45) is 5.73 Å². The van der Waals surface area contributed by atoms with Crippen molar-refractivity contribution in [3.8, 4) is 17.0 Å². The molecule has 2 aromatic heterocycles. The summed E-state index contributed by atoms with van der Waals surface area (Å²) in [4.78, 5) is 11.4. The number of piperidine rings is 1. The average Bonchev–Trinajstić information content (AvgIpc) is 3.26. The second kappa shape index (κ2) is 9.12. The molecule has 1 aliphatic rings. The van der Waals surface area contributed by atoms with E-state index in [-0.39, 0.29) is 11.8 Å². The zero-order chi connectivity index (χ0) is 23.8. The van der Waals surface area contributed by atoms with Gasteiger partial charge in [-0.15, -0.1) is 0 Å². The molecular weight excluding hydrogens is 455 g/mol. The topological polar surface area (TPSA) is 95.2 Å². The van der Waals surface area contributed by atoms with Gasteiger partial charge in [-0.3, -0.25) is 4.98 Å². The molecule has 0 amide bonds. The molecule has 176 valence electrons. The lowest BCUT2D eigenvalue weighted by Gasteiger charge is -2.34. The Morgan fingerprint density at radius 3 is 2.82 bits per heavy atom. The molecule has 3 heterocycles. The van der Waals surface area contributed by atoms with Crippen LogP contribution in [-0.4, -0.2) is 40.8 Å². The highest BCUT2D eigenvalue weighted by Crippen LogP contribution is 2.32. The van der Waals surface area contributed by atoms with Crippen LogP contribution in [0.4, 0.5) is 15.8 Å². The van der Waals surface area contributed by atoms with Crippen LogP contribution in [0.3, 0.4) is 0 Å². The van der Waals surface area contributed by atoms with Gasteiger partial charge in [-0.05, 0) is 54.8 Å². The molecule has 0 aliphatic carbocycles. The third-order valence-electron chi connectivity index (χ3n) is 6.30. The molecule has 0 bridgehead atoms. The van der Waals surface area contributed by atoms with Crippen molar-refractivity contribution in [1.29, 1.82) is 0 Å². The number of imidazole rings is 1. The lowest BCUT2D eigenvalue weighted by molar-refractivity contribution is 0.386. The predicted octanol–water partition coefficient (Wildman–Crippen LogP) is 4.46. The summed E-state index contributed by atoms with van der Waals surface area (Å²) in [6.07, 6.45) is 5.61. The minimum atomic E-state index is -0.433. The van der Waals surface area contributed by atoms with Crippen molar-refractivity contribution < 1.29 is 9.13 Å². The molecule has 4 N–H and O–H groups in total. The van der Waals surface area contributed by atoms with E-state index in [9.17, 15) is 4.39 Å². The molecule has 0 radical (unpaired) electrons. The molecule has 0 unspecified atom stereocenters. The molecule has 0 spiro atoms. The number of pyridine rings is 1. The second-order valence-electron chi connectivity index (χ2n) is 8.60. The SMILES string of the molecule is COc1ccc(-c2cc(Cn3cnc4c(N)ccc(Cl)c43)c(N3CCC[C@@H](N)C3)cn2)cc1F. The maximum Gasteiger partial charge on any atom is 0.165 e. The molecule has 1 saturated heterocycles. The molecule has 2 aromatic carbocycles. The highest BCUT2D eigenvalue weighted by Gasteiger charge is 2.21. The molecule has 1 atom stereocenters. The fourth-order valence-corrected chi connectivity index (χ4v) is 4.84. The number of rotatable bonds is 5. The van der Waals surface area contributed by atoms with Gasteiger partial charge in [0.25, 0.3) is 0 Å². The molecule has 5 rings (SSSR count). The lowest BCUT2D eigenvalue weighted by atomic mass is 10.0. The van der Waals surface area contributed by atoms with Gasteiger partial charge in [0.2, 0.25) is 0 Å². The highest BCUT2D eigenvalue weighted by molar-refractivity contribution is 6.35. The average molecular weight is 481 g/mol. The number of halogens is 2. The quantitative estimate of drug-likeness (QED) is 0.409. The Morgan fingerprint density at radius 1 is 1.21 bits per heavy atom. The number of ether oxygens (including phenoxy) is 1. The summed E-state index contributed by atoms with van der Waals surface area (Å²) < 4.78 is 21.4. The molecule has 34 heavy (non-hydrogen) atoms. The normalized spacial score (nSPS) is 16.2. The smallest absolute Gasteiger partial charge is 0.165 e. The van der Waals surface area contributed by atoms with Gasteiger partial charge in [-0.1, -0.05) is 11.6 Å². The van der Waals surface area contributed by atoms with Crippen molar-refractivity contribution in [3.63, 3.8) is 0 Å². The number of hydrogen-bond donors (Lipinski definition) is 2. The number of nitrogens with zero attached hydrogens (tertiary/aromatic N) is 4. The van der Waals surface area contributed by atoms with Gasteiger partial charge in [-0.2, -0.15) is 0 Å². The molecule has 7 nitrogen and oxygen atoms in total. The molecule has 1 fully saturated rings. The largest absolute Gasteiger partial charge is 0.494 e. The van der Waals surface area contributed by atoms with Crippen molar-refractivity contribution in [2.75, 3.05) is 30.8 Å². The van der Waals surface area contributed by atoms with Crippen LogP contribution in [0.5, 0.6) is 5.75 Å². The first-order valence-electron chi connectivity index (χ1n) is 11.2. The Bertz CT molecular complexity index is 1360. The van der Waals surface area contributed by atoms with Crippen LogP contribution in [0.15, 0.2) is 48.9 Å². The van der Waals surface area contributed by atoms with E-state index in [1.165, 1.54) is 13.2 Å². The number of nitrogen functional groups attached to an aromatic ring is 1. The van der Waals surface area contributed by atoms with Gasteiger partial charge in [0.05, 0.1) is 53.8 Å². The Hall–Kier alpha value is -3.36. The summed E-state index contributed by atoms with van der Waals surface area (Å²) in [5.41, 5.74) is 17.7. The van der Waals surface area contributed by atoms with Gasteiger partial charge in [0.1, 0.15) is 5.52 Å². The molecule has 9 heteroatoms. The fraction of sp³-hybridized carbons (Fsp3) is 0.280. The maximum atomic E-state index is 14.4. The van der Waals surface area contributed by atoms with Gasteiger partial charge >= 0.3 is 0 Å². The van der Waals surface area contributed by atoms with E-state index < -0.39 is 5.82 Å². The van der Waals surface area contributed by atoms with E-state index in [0.29, 0.717) is 34.0 Å². The fourth-order valence-electron chi connectivity index (χ4n) is 4.58. The highest BCUT2D eigenvalue weighted by atomic mass is 35.5. The zero-order valence-electron chi connectivity index (χ0n) is 18.8. The van der Waals surface area contributed by atoms with Crippen LogP contribution in [0, 0.1) is 5.82 Å². The van der Waals surface area contributed by atoms with Crippen molar-refractivity contribution in [2.45, 2.75) is 25.4 Å². The summed E-state index contributed by atoms with van der Waals surface area (Å²) >= 11 is 6.51. The first kappa shape index (κ1) is 22.4. The third-order valence-corrected chi connectivity index (χ3v) is 6.60. The Kier molecular flexibility index (Phi) is 6.02. The van der Waals surface area contributed by atoms with E-state index >= 15 is 0 Å². The summed E-state index contributed by atoms with van der Waals surface area (Å²) in [7, 11) is 1.44. The standard InChI is InChI=1S/C25H26ClFN6O/c1-34-23-7-4-15(9-19(23)27)21-10-16(22(11-30-21)32-8-2-3-17(28)13-32)12-33-14-31-24-20(29)6-5-18(26)25(24)33/h4-7,9-11,14,17H,2-3,8,12-13,28-29H2,1H3/t17-/m1/s1. The molecule has 1 aliphatic heterocycles. The lowest BCUT2D eigenvalue weighted by Crippen LogP contribution is -2.43. The number of methoxy groups -OCH3 is 1. The summed E-state index contributed by atoms with van der Waals surface area (Å²) in [6.45, 7) is 2.15. The van der Waals surface area contributed by atoms with Crippen LogP contribution >= 0.6 is 11.6 Å². The van der Waals surface area contributed by atoms with Crippen molar-refractivity contribution >= 4 is 34.0 Å². The number of anilines is 2. The van der Waals surface area contributed by atoms with Crippen LogP contribution in [0.2, 0.25) is 5.02 Å². The van der Waals surface area contributed by atoms with E-state index in [2.05, 4.69) is 14.9 Å². The minimum absolute atomic E-state index is 0.111. The van der Waals surface area contributed by atoms with E-state index in [4.69, 9.17) is 27.8 Å². The Balaban J connectivity index is 1.60. The third kappa shape index (κ3) is 4.15. The monoisotopic (exact) mass is 480 g/mol. The van der Waals surface area contributed by atoms with E-state index in [1.807, 2.05) is 16.8 Å². The van der Waals surface area contributed by atoms with Gasteiger partial charge in [-0.25, -0.2) is 9.37 Å². The zero-order valence-corrected chi connectivity index (χ0v) is 19.6. The molecular formula is C25H26ClFN6O. The van der Waals surface area contributed by atoms with Crippen LogP contribution in [-0.2, 0) is 6.54 Å². The Morgan fingerprint density at radius 2 is 2.06 bits per heavy atom. The van der Waals surface area contributed by atoms with Gasteiger partial charge in [0.15, 0.2) is 11.6 Å². The number of nitrogens with two attached hydrogens (primary N) is 2.